The zero-order valence-electron chi connectivity index (χ0n) is 18.0. The Labute approximate surface area is 194 Å². The second kappa shape index (κ2) is 8.77. The Morgan fingerprint density at radius 2 is 1.76 bits per heavy atom. The summed E-state index contributed by atoms with van der Waals surface area (Å²) in [7, 11) is 0. The highest BCUT2D eigenvalue weighted by atomic mass is 16.6. The lowest BCUT2D eigenvalue weighted by molar-refractivity contribution is -0.384. The van der Waals surface area contributed by atoms with Crippen LogP contribution in [0.5, 0.6) is 0 Å². The molecule has 34 heavy (non-hydrogen) atoms. The molecule has 0 unspecified atom stereocenters. The maximum atomic E-state index is 13.5. The Morgan fingerprint density at radius 1 is 1.00 bits per heavy atom. The molecule has 0 radical (unpaired) electrons. The summed E-state index contributed by atoms with van der Waals surface area (Å²) < 4.78 is 6.50. The van der Waals surface area contributed by atoms with Crippen molar-refractivity contribution in [1.29, 1.82) is 5.26 Å². The summed E-state index contributed by atoms with van der Waals surface area (Å²) in [6.45, 7) is 2.40. The molecule has 0 saturated carbocycles. The standard InChI is InChI=1S/C25H19N5O4/c26-16-17-4-3-5-18(14-17)24-20-6-1-2-7-21(20)25(31)29(27-24)23-15-19(8-9-22(23)30(32)33)28-10-12-34-13-11-28/h1-9,14-15H,10-13H2. The predicted molar refractivity (Wildman–Crippen MR) is 127 cm³/mol. The largest absolute Gasteiger partial charge is 0.378 e. The van der Waals surface area contributed by atoms with Gasteiger partial charge in [0.25, 0.3) is 11.2 Å². The number of anilines is 1. The van der Waals surface area contributed by atoms with Crippen LogP contribution in [0.4, 0.5) is 11.4 Å². The van der Waals surface area contributed by atoms with Gasteiger partial charge in [-0.25, -0.2) is 0 Å². The van der Waals surface area contributed by atoms with Gasteiger partial charge < -0.3 is 9.64 Å². The minimum atomic E-state index is -0.516. The maximum Gasteiger partial charge on any atom is 0.295 e. The highest BCUT2D eigenvalue weighted by Crippen LogP contribution is 2.30. The number of ether oxygens (including phenoxy) is 1. The number of hydrogen-bond donors (Lipinski definition) is 0. The van der Waals surface area contributed by atoms with Crippen molar-refractivity contribution in [3.05, 3.63) is 92.8 Å². The van der Waals surface area contributed by atoms with Crippen LogP contribution in [0.25, 0.3) is 27.7 Å². The lowest BCUT2D eigenvalue weighted by atomic mass is 10.0. The van der Waals surface area contributed by atoms with Gasteiger partial charge in [-0.3, -0.25) is 14.9 Å². The molecular formula is C25H19N5O4. The van der Waals surface area contributed by atoms with Gasteiger partial charge in [0.15, 0.2) is 0 Å². The van der Waals surface area contributed by atoms with Crippen LogP contribution >= 0.6 is 0 Å². The average molecular weight is 453 g/mol. The Hall–Kier alpha value is -4.55. The molecule has 1 aliphatic heterocycles. The van der Waals surface area contributed by atoms with Gasteiger partial charge in [-0.15, -0.1) is 0 Å². The maximum absolute atomic E-state index is 13.5. The third kappa shape index (κ3) is 3.76. The van der Waals surface area contributed by atoms with Gasteiger partial charge >= 0.3 is 0 Å². The van der Waals surface area contributed by atoms with Crippen LogP contribution in [0, 0.1) is 21.4 Å². The second-order valence-corrected chi connectivity index (χ2v) is 7.83. The first-order valence-corrected chi connectivity index (χ1v) is 10.7. The number of nitro groups is 1. The SMILES string of the molecule is N#Cc1cccc(-c2nn(-c3cc(N4CCOCC4)ccc3[N+](=O)[O-])c(=O)c3ccccc23)c1. The van der Waals surface area contributed by atoms with Gasteiger partial charge in [-0.2, -0.15) is 15.0 Å². The molecule has 1 saturated heterocycles. The fourth-order valence-corrected chi connectivity index (χ4v) is 4.16. The van der Waals surface area contributed by atoms with Gasteiger partial charge in [-0.05, 0) is 30.3 Å². The van der Waals surface area contributed by atoms with Crippen molar-refractivity contribution in [3.8, 4) is 23.0 Å². The third-order valence-electron chi connectivity index (χ3n) is 5.83. The van der Waals surface area contributed by atoms with E-state index in [4.69, 9.17) is 4.74 Å². The van der Waals surface area contributed by atoms with Gasteiger partial charge in [0.05, 0.1) is 40.8 Å². The first-order valence-electron chi connectivity index (χ1n) is 10.7. The zero-order valence-corrected chi connectivity index (χ0v) is 18.0. The van der Waals surface area contributed by atoms with Crippen molar-refractivity contribution in [1.82, 2.24) is 9.78 Å². The lowest BCUT2D eigenvalue weighted by Crippen LogP contribution is -2.36. The van der Waals surface area contributed by atoms with E-state index in [0.29, 0.717) is 53.9 Å². The fraction of sp³-hybridized carbons (Fsp3) is 0.160. The predicted octanol–water partition coefficient (Wildman–Crippen LogP) is 3.67. The Kier molecular flexibility index (Phi) is 5.49. The molecule has 9 heteroatoms. The number of nitro benzene ring substituents is 1. The van der Waals surface area contributed by atoms with Crippen molar-refractivity contribution in [2.75, 3.05) is 31.2 Å². The van der Waals surface area contributed by atoms with Crippen molar-refractivity contribution in [2.45, 2.75) is 0 Å². The van der Waals surface area contributed by atoms with E-state index in [2.05, 4.69) is 16.1 Å². The van der Waals surface area contributed by atoms with E-state index in [0.717, 1.165) is 10.4 Å². The summed E-state index contributed by atoms with van der Waals surface area (Å²) in [5.74, 6) is 0. The van der Waals surface area contributed by atoms with Crippen LogP contribution in [0.15, 0.2) is 71.5 Å². The summed E-state index contributed by atoms with van der Waals surface area (Å²) in [6, 6.07) is 20.7. The van der Waals surface area contributed by atoms with Gasteiger partial charge in [0.1, 0.15) is 5.69 Å². The van der Waals surface area contributed by atoms with Crippen LogP contribution < -0.4 is 10.5 Å². The summed E-state index contributed by atoms with van der Waals surface area (Å²) in [6.07, 6.45) is 0. The highest BCUT2D eigenvalue weighted by molar-refractivity contribution is 5.94. The first-order chi connectivity index (χ1) is 16.6. The summed E-state index contributed by atoms with van der Waals surface area (Å²) in [4.78, 5) is 26.9. The normalized spacial score (nSPS) is 13.6. The quantitative estimate of drug-likeness (QED) is 0.342. The number of morpholine rings is 1. The van der Waals surface area contributed by atoms with Crippen molar-refractivity contribution in [3.63, 3.8) is 0 Å². The number of nitrogens with zero attached hydrogens (tertiary/aromatic N) is 5. The van der Waals surface area contributed by atoms with Gasteiger partial charge in [-0.1, -0.05) is 30.3 Å². The molecule has 0 amide bonds. The molecule has 3 aromatic carbocycles. The third-order valence-corrected chi connectivity index (χ3v) is 5.83. The van der Waals surface area contributed by atoms with E-state index < -0.39 is 10.5 Å². The van der Waals surface area contributed by atoms with E-state index in [9.17, 15) is 20.2 Å². The van der Waals surface area contributed by atoms with E-state index in [1.165, 1.54) is 6.07 Å². The molecule has 0 bridgehead atoms. The first kappa shape index (κ1) is 21.3. The summed E-state index contributed by atoms with van der Waals surface area (Å²) in [5, 5.41) is 26.8. The van der Waals surface area contributed by atoms with E-state index in [1.807, 2.05) is 0 Å². The van der Waals surface area contributed by atoms with Gasteiger partial charge in [0, 0.05) is 35.8 Å². The second-order valence-electron chi connectivity index (χ2n) is 7.83. The van der Waals surface area contributed by atoms with Gasteiger partial charge in [0.2, 0.25) is 0 Å². The molecule has 4 aromatic rings. The van der Waals surface area contributed by atoms with E-state index in [1.54, 1.807) is 60.7 Å². The van der Waals surface area contributed by atoms with E-state index >= 15 is 0 Å². The number of aromatic nitrogens is 2. The molecule has 5 rings (SSSR count). The molecule has 2 heterocycles. The van der Waals surface area contributed by atoms with Crippen molar-refractivity contribution < 1.29 is 9.66 Å². The monoisotopic (exact) mass is 453 g/mol. The van der Waals surface area contributed by atoms with Crippen molar-refractivity contribution >= 4 is 22.1 Å². The Bertz CT molecular complexity index is 1520. The van der Waals surface area contributed by atoms with Crippen LogP contribution in [0.2, 0.25) is 0 Å². The van der Waals surface area contributed by atoms with Crippen molar-refractivity contribution in [2.24, 2.45) is 0 Å². The van der Waals surface area contributed by atoms with Crippen LogP contribution in [0.1, 0.15) is 5.56 Å². The molecule has 168 valence electrons. The van der Waals surface area contributed by atoms with E-state index in [-0.39, 0.29) is 11.4 Å². The molecule has 1 aromatic heterocycles. The minimum Gasteiger partial charge on any atom is -0.378 e. The molecule has 0 spiro atoms. The summed E-state index contributed by atoms with van der Waals surface area (Å²) in [5.41, 5.74) is 1.69. The smallest absolute Gasteiger partial charge is 0.295 e. The number of rotatable bonds is 4. The molecule has 0 atom stereocenters. The molecule has 1 aliphatic rings. The molecule has 0 N–H and O–H groups in total. The Balaban J connectivity index is 1.79. The molecule has 9 nitrogen and oxygen atoms in total. The summed E-state index contributed by atoms with van der Waals surface area (Å²) >= 11 is 0. The minimum absolute atomic E-state index is 0.0856. The number of nitriles is 1. The highest BCUT2D eigenvalue weighted by Gasteiger charge is 2.23. The van der Waals surface area contributed by atoms with Crippen LogP contribution in [-0.4, -0.2) is 41.0 Å². The average Bonchev–Trinajstić information content (AvgIpc) is 2.89. The molecule has 0 aliphatic carbocycles. The number of hydrogen-bond acceptors (Lipinski definition) is 7. The Morgan fingerprint density at radius 3 is 2.50 bits per heavy atom. The molecular weight excluding hydrogens is 434 g/mol. The number of fused-ring (bicyclic) bond motifs is 1. The molecule has 1 fully saturated rings. The number of benzene rings is 3. The lowest BCUT2D eigenvalue weighted by Gasteiger charge is -2.29. The zero-order chi connectivity index (χ0) is 23.7. The van der Waals surface area contributed by atoms with Crippen LogP contribution in [0.3, 0.4) is 0 Å². The van der Waals surface area contributed by atoms with Crippen LogP contribution in [-0.2, 0) is 4.74 Å². The fourth-order valence-electron chi connectivity index (χ4n) is 4.16. The topological polar surface area (TPSA) is 114 Å².